The molecule has 31 heavy (non-hydrogen) atoms. The Morgan fingerprint density at radius 1 is 1.16 bits per heavy atom. The van der Waals surface area contributed by atoms with E-state index in [1.54, 1.807) is 12.1 Å². The van der Waals surface area contributed by atoms with E-state index in [1.807, 2.05) is 18.2 Å². The number of aryl methyl sites for hydroxylation is 1. The minimum atomic E-state index is -4.32. The normalized spacial score (nSPS) is 11.4. The van der Waals surface area contributed by atoms with Crippen LogP contribution < -0.4 is 10.1 Å². The van der Waals surface area contributed by atoms with E-state index in [2.05, 4.69) is 5.32 Å². The number of aliphatic carboxylic acids is 1. The second-order valence-corrected chi connectivity index (χ2v) is 6.99. The summed E-state index contributed by atoms with van der Waals surface area (Å²) in [5.74, 6) is -0.228. The molecule has 0 saturated heterocycles. The zero-order valence-electron chi connectivity index (χ0n) is 16.6. The SMILES string of the molecule is Cl.O=C(O)CCNCC=Cc1ccc(OCCCc2ccc(C(F)(F)F)cc2)cc1Cl. The number of alkyl halides is 3. The van der Waals surface area contributed by atoms with Gasteiger partial charge in [0.25, 0.3) is 0 Å². The molecule has 2 aromatic carbocycles. The lowest BCUT2D eigenvalue weighted by molar-refractivity contribution is -0.138. The van der Waals surface area contributed by atoms with E-state index in [-0.39, 0.29) is 18.8 Å². The first kappa shape index (κ1) is 26.8. The number of nitrogens with one attached hydrogen (secondary N) is 1. The molecule has 4 nitrogen and oxygen atoms in total. The van der Waals surface area contributed by atoms with Gasteiger partial charge in [-0.3, -0.25) is 4.79 Å². The maximum atomic E-state index is 12.6. The lowest BCUT2D eigenvalue weighted by Gasteiger charge is -2.09. The van der Waals surface area contributed by atoms with Crippen LogP contribution in [0, 0.1) is 0 Å². The van der Waals surface area contributed by atoms with Crippen LogP contribution in [0.1, 0.15) is 29.5 Å². The van der Waals surface area contributed by atoms with Gasteiger partial charge in [0.05, 0.1) is 23.6 Å². The van der Waals surface area contributed by atoms with E-state index in [0.717, 1.165) is 23.3 Å². The first-order valence-electron chi connectivity index (χ1n) is 9.43. The van der Waals surface area contributed by atoms with Crippen LogP contribution >= 0.6 is 24.0 Å². The Morgan fingerprint density at radius 3 is 2.48 bits per heavy atom. The molecular formula is C22H24Cl2F3NO3. The molecule has 0 aliphatic rings. The summed E-state index contributed by atoms with van der Waals surface area (Å²) in [6.45, 7) is 1.35. The highest BCUT2D eigenvalue weighted by atomic mass is 35.5. The predicted octanol–water partition coefficient (Wildman–Crippen LogP) is 5.87. The van der Waals surface area contributed by atoms with E-state index in [0.29, 0.717) is 43.3 Å². The van der Waals surface area contributed by atoms with Crippen LogP contribution in [0.4, 0.5) is 13.2 Å². The molecule has 0 radical (unpaired) electrons. The number of benzene rings is 2. The van der Waals surface area contributed by atoms with E-state index >= 15 is 0 Å². The summed E-state index contributed by atoms with van der Waals surface area (Å²) in [6.07, 6.45) is 0.713. The minimum absolute atomic E-state index is 0. The number of ether oxygens (including phenoxy) is 1. The van der Waals surface area contributed by atoms with Crippen molar-refractivity contribution in [3.05, 3.63) is 70.3 Å². The molecule has 170 valence electrons. The van der Waals surface area contributed by atoms with Gasteiger partial charge in [0.15, 0.2) is 0 Å². The Balaban J connectivity index is 0.00000480. The van der Waals surface area contributed by atoms with Crippen LogP contribution in [0.5, 0.6) is 5.75 Å². The van der Waals surface area contributed by atoms with Gasteiger partial charge in [0, 0.05) is 13.1 Å². The Morgan fingerprint density at radius 2 is 1.87 bits per heavy atom. The third kappa shape index (κ3) is 10.1. The second kappa shape index (κ2) is 13.2. The summed E-state index contributed by atoms with van der Waals surface area (Å²) in [7, 11) is 0. The highest BCUT2D eigenvalue weighted by Gasteiger charge is 2.29. The first-order chi connectivity index (χ1) is 14.3. The standard InChI is InChI=1S/C22H23ClF3NO3.ClH/c23-20-15-19(10-7-17(20)4-1-12-27-13-11-21(28)29)30-14-2-3-16-5-8-18(9-6-16)22(24,25)26;/h1,4-10,15,27H,2-3,11-14H2,(H,28,29);1H. The lowest BCUT2D eigenvalue weighted by Crippen LogP contribution is -2.17. The van der Waals surface area contributed by atoms with Gasteiger partial charge in [-0.15, -0.1) is 12.4 Å². The second-order valence-electron chi connectivity index (χ2n) is 6.58. The summed E-state index contributed by atoms with van der Waals surface area (Å²) in [5, 5.41) is 12.1. The maximum absolute atomic E-state index is 12.6. The van der Waals surface area contributed by atoms with Gasteiger partial charge < -0.3 is 15.2 Å². The van der Waals surface area contributed by atoms with Crippen LogP contribution in [-0.2, 0) is 17.4 Å². The van der Waals surface area contributed by atoms with Crippen molar-refractivity contribution in [1.29, 1.82) is 0 Å². The highest BCUT2D eigenvalue weighted by Crippen LogP contribution is 2.29. The van der Waals surface area contributed by atoms with Gasteiger partial charge in [0.1, 0.15) is 5.75 Å². The van der Waals surface area contributed by atoms with Gasteiger partial charge in [-0.05, 0) is 54.3 Å². The largest absolute Gasteiger partial charge is 0.494 e. The molecule has 0 saturated carbocycles. The topological polar surface area (TPSA) is 58.6 Å². The van der Waals surface area contributed by atoms with E-state index in [1.165, 1.54) is 12.1 Å². The van der Waals surface area contributed by atoms with Gasteiger partial charge in [0.2, 0.25) is 0 Å². The molecule has 0 bridgehead atoms. The lowest BCUT2D eigenvalue weighted by atomic mass is 10.1. The van der Waals surface area contributed by atoms with Crippen molar-refractivity contribution >= 4 is 36.1 Å². The van der Waals surface area contributed by atoms with Crippen LogP contribution in [0.3, 0.4) is 0 Å². The molecule has 0 fully saturated rings. The van der Waals surface area contributed by atoms with Gasteiger partial charge in [-0.25, -0.2) is 0 Å². The number of hydrogen-bond acceptors (Lipinski definition) is 3. The Kier molecular flexibility index (Phi) is 11.5. The van der Waals surface area contributed by atoms with Gasteiger partial charge in [-0.2, -0.15) is 13.2 Å². The Hall–Kier alpha value is -2.22. The van der Waals surface area contributed by atoms with Crippen molar-refractivity contribution in [1.82, 2.24) is 5.32 Å². The molecule has 2 aromatic rings. The van der Waals surface area contributed by atoms with Gasteiger partial charge >= 0.3 is 12.1 Å². The van der Waals surface area contributed by atoms with Crippen molar-refractivity contribution < 1.29 is 27.8 Å². The Labute approximate surface area is 190 Å². The molecule has 0 amide bonds. The van der Waals surface area contributed by atoms with Crippen molar-refractivity contribution in [3.8, 4) is 5.75 Å². The smallest absolute Gasteiger partial charge is 0.416 e. The van der Waals surface area contributed by atoms with E-state index in [4.69, 9.17) is 21.4 Å². The molecule has 0 heterocycles. The van der Waals surface area contributed by atoms with Gasteiger partial charge in [-0.1, -0.05) is 35.9 Å². The average Bonchev–Trinajstić information content (AvgIpc) is 2.68. The number of carbonyl (C=O) groups is 1. The molecule has 0 atom stereocenters. The predicted molar refractivity (Wildman–Crippen MR) is 118 cm³/mol. The van der Waals surface area contributed by atoms with Crippen molar-refractivity contribution in [3.63, 3.8) is 0 Å². The summed E-state index contributed by atoms with van der Waals surface area (Å²) in [5.41, 5.74) is 0.984. The van der Waals surface area contributed by atoms with Crippen LogP contribution in [0.25, 0.3) is 6.08 Å². The minimum Gasteiger partial charge on any atom is -0.494 e. The molecule has 0 aromatic heterocycles. The molecule has 0 aliphatic carbocycles. The summed E-state index contributed by atoms with van der Waals surface area (Å²) in [4.78, 5) is 10.4. The molecule has 9 heteroatoms. The number of carboxylic acid groups (broad SMARTS) is 1. The molecule has 0 unspecified atom stereocenters. The van der Waals surface area contributed by atoms with Crippen molar-refractivity contribution in [2.24, 2.45) is 0 Å². The fraction of sp³-hybridized carbons (Fsp3) is 0.318. The summed E-state index contributed by atoms with van der Waals surface area (Å²) in [6, 6.07) is 10.5. The first-order valence-corrected chi connectivity index (χ1v) is 9.81. The maximum Gasteiger partial charge on any atom is 0.416 e. The molecular weight excluding hydrogens is 454 g/mol. The third-order valence-electron chi connectivity index (χ3n) is 4.21. The molecule has 0 aliphatic heterocycles. The monoisotopic (exact) mass is 477 g/mol. The molecule has 2 rings (SSSR count). The number of rotatable bonds is 11. The zero-order valence-corrected chi connectivity index (χ0v) is 18.2. The average molecular weight is 478 g/mol. The van der Waals surface area contributed by atoms with Crippen LogP contribution in [0.2, 0.25) is 5.02 Å². The van der Waals surface area contributed by atoms with E-state index in [9.17, 15) is 18.0 Å². The van der Waals surface area contributed by atoms with E-state index < -0.39 is 17.7 Å². The summed E-state index contributed by atoms with van der Waals surface area (Å²) < 4.78 is 43.4. The third-order valence-corrected chi connectivity index (χ3v) is 4.53. The van der Waals surface area contributed by atoms with Crippen molar-refractivity contribution in [2.45, 2.75) is 25.4 Å². The number of halogens is 5. The number of hydrogen-bond donors (Lipinski definition) is 2. The van der Waals surface area contributed by atoms with Crippen LogP contribution in [-0.4, -0.2) is 30.8 Å². The van der Waals surface area contributed by atoms with Crippen molar-refractivity contribution in [2.75, 3.05) is 19.7 Å². The molecule has 0 spiro atoms. The van der Waals surface area contributed by atoms with Crippen LogP contribution in [0.15, 0.2) is 48.5 Å². The molecule has 2 N–H and O–H groups in total. The fourth-order valence-electron chi connectivity index (χ4n) is 2.63. The quantitative estimate of drug-likeness (QED) is 0.397. The summed E-state index contributed by atoms with van der Waals surface area (Å²) >= 11 is 6.25. The zero-order chi connectivity index (χ0) is 22.0. The highest BCUT2D eigenvalue weighted by molar-refractivity contribution is 6.32. The fourth-order valence-corrected chi connectivity index (χ4v) is 2.86. The Bertz CT molecular complexity index is 856. The number of carboxylic acids is 1.